The van der Waals surface area contributed by atoms with E-state index in [2.05, 4.69) is 20.5 Å². The van der Waals surface area contributed by atoms with Gasteiger partial charge in [-0.25, -0.2) is 4.98 Å². The maximum absolute atomic E-state index is 13.5. The van der Waals surface area contributed by atoms with Crippen molar-refractivity contribution in [3.8, 4) is 17.0 Å². The summed E-state index contributed by atoms with van der Waals surface area (Å²) >= 11 is 0. The molecule has 4 rings (SSSR count). The van der Waals surface area contributed by atoms with E-state index in [1.165, 1.54) is 23.1 Å². The average molecular weight is 405 g/mol. The van der Waals surface area contributed by atoms with Gasteiger partial charge < -0.3 is 15.3 Å². The number of nitrogens with zero attached hydrogens (tertiary/aromatic N) is 3. The monoisotopic (exact) mass is 405 g/mol. The fourth-order valence-corrected chi connectivity index (χ4v) is 3.47. The zero-order chi connectivity index (χ0) is 20.8. The number of carbonyl (C=O) groups excluding carboxylic acids is 1. The quantitative estimate of drug-likeness (QED) is 0.610. The number of aromatic nitrogens is 3. The Kier molecular flexibility index (Phi) is 4.65. The number of hydrogen-bond donors (Lipinski definition) is 3. The molecule has 3 aromatic rings. The van der Waals surface area contributed by atoms with Gasteiger partial charge in [-0.3, -0.25) is 9.89 Å². The second-order valence-electron chi connectivity index (χ2n) is 7.00. The summed E-state index contributed by atoms with van der Waals surface area (Å²) < 4.78 is 40.5. The van der Waals surface area contributed by atoms with E-state index >= 15 is 0 Å². The number of benzene rings is 1. The Labute approximate surface area is 163 Å². The number of aromatic hydroxyl groups is 1. The van der Waals surface area contributed by atoms with Crippen LogP contribution in [0, 0.1) is 0 Å². The Bertz CT molecular complexity index is 1060. The lowest BCUT2D eigenvalue weighted by Gasteiger charge is -2.32. The molecule has 1 unspecified atom stereocenters. The van der Waals surface area contributed by atoms with Gasteiger partial charge >= 0.3 is 6.18 Å². The number of carbonyl (C=O) groups is 1. The molecular weight excluding hydrogens is 387 g/mol. The number of fused-ring (bicyclic) bond motifs is 1. The van der Waals surface area contributed by atoms with Crippen molar-refractivity contribution in [3.05, 3.63) is 41.6 Å². The van der Waals surface area contributed by atoms with Crippen LogP contribution < -0.4 is 5.32 Å². The van der Waals surface area contributed by atoms with Gasteiger partial charge in [0, 0.05) is 31.2 Å². The summed E-state index contributed by atoms with van der Waals surface area (Å²) in [5.41, 5.74) is -0.525. The molecule has 0 spiro atoms. The number of rotatable bonds is 2. The van der Waals surface area contributed by atoms with Crippen LogP contribution in [0.2, 0.25) is 0 Å². The minimum absolute atomic E-state index is 0.0352. The lowest BCUT2D eigenvalue weighted by atomic mass is 10.0. The van der Waals surface area contributed by atoms with Gasteiger partial charge in [-0.1, -0.05) is 0 Å². The molecule has 1 aliphatic heterocycles. The molecule has 29 heavy (non-hydrogen) atoms. The van der Waals surface area contributed by atoms with E-state index in [1.807, 2.05) is 6.92 Å². The number of nitrogens with one attached hydrogen (secondary N) is 2. The highest BCUT2D eigenvalue weighted by Crippen LogP contribution is 2.36. The SMILES string of the molecule is CC1CN(C(=O)c2cc(-c3ccc(O)cc3)nc3[nH]nc(C(F)(F)F)c23)CCN1. The molecule has 1 aliphatic rings. The maximum Gasteiger partial charge on any atom is 0.435 e. The zero-order valence-corrected chi connectivity index (χ0v) is 15.4. The molecule has 2 aromatic heterocycles. The number of pyridine rings is 1. The van der Waals surface area contributed by atoms with Crippen LogP contribution in [0.3, 0.4) is 0 Å². The van der Waals surface area contributed by atoms with Crippen LogP contribution in [0.25, 0.3) is 22.3 Å². The van der Waals surface area contributed by atoms with E-state index in [0.29, 0.717) is 30.9 Å². The molecule has 1 saturated heterocycles. The second-order valence-corrected chi connectivity index (χ2v) is 7.00. The van der Waals surface area contributed by atoms with E-state index in [-0.39, 0.29) is 28.4 Å². The Morgan fingerprint density at radius 1 is 1.28 bits per heavy atom. The van der Waals surface area contributed by atoms with Gasteiger partial charge in [0.1, 0.15) is 5.75 Å². The van der Waals surface area contributed by atoms with Gasteiger partial charge in [-0.15, -0.1) is 0 Å². The third-order valence-corrected chi connectivity index (χ3v) is 4.85. The molecule has 1 fully saturated rings. The lowest BCUT2D eigenvalue weighted by molar-refractivity contribution is -0.139. The van der Waals surface area contributed by atoms with Gasteiger partial charge in [-0.05, 0) is 37.3 Å². The van der Waals surface area contributed by atoms with Crippen LogP contribution in [0.15, 0.2) is 30.3 Å². The summed E-state index contributed by atoms with van der Waals surface area (Å²) in [6, 6.07) is 7.42. The Hall–Kier alpha value is -3.14. The van der Waals surface area contributed by atoms with Gasteiger partial charge in [0.25, 0.3) is 5.91 Å². The second kappa shape index (κ2) is 7.03. The first-order chi connectivity index (χ1) is 13.7. The van der Waals surface area contributed by atoms with E-state index in [0.717, 1.165) is 0 Å². The fraction of sp³-hybridized carbons (Fsp3) is 0.316. The minimum atomic E-state index is -4.73. The zero-order valence-electron chi connectivity index (χ0n) is 15.4. The largest absolute Gasteiger partial charge is 0.508 e. The van der Waals surface area contributed by atoms with Gasteiger partial charge in [-0.2, -0.15) is 18.3 Å². The van der Waals surface area contributed by atoms with E-state index < -0.39 is 17.8 Å². The van der Waals surface area contributed by atoms with Crippen LogP contribution in [0.1, 0.15) is 23.0 Å². The maximum atomic E-state index is 13.5. The normalized spacial score (nSPS) is 17.7. The van der Waals surface area contributed by atoms with Crippen molar-refractivity contribution in [2.75, 3.05) is 19.6 Å². The molecule has 152 valence electrons. The third-order valence-electron chi connectivity index (χ3n) is 4.85. The van der Waals surface area contributed by atoms with E-state index in [9.17, 15) is 23.1 Å². The molecule has 1 aromatic carbocycles. The molecule has 0 bridgehead atoms. The summed E-state index contributed by atoms with van der Waals surface area (Å²) in [5, 5.41) is 18.0. The molecule has 3 N–H and O–H groups in total. The van der Waals surface area contributed by atoms with E-state index in [1.54, 1.807) is 12.1 Å². The Balaban J connectivity index is 1.89. The van der Waals surface area contributed by atoms with Gasteiger partial charge in [0.05, 0.1) is 16.6 Å². The Morgan fingerprint density at radius 3 is 2.66 bits per heavy atom. The van der Waals surface area contributed by atoms with Crippen LogP contribution >= 0.6 is 0 Å². The van der Waals surface area contributed by atoms with Crippen molar-refractivity contribution < 1.29 is 23.1 Å². The number of amides is 1. The first kappa shape index (κ1) is 19.2. The summed E-state index contributed by atoms with van der Waals surface area (Å²) in [7, 11) is 0. The highest BCUT2D eigenvalue weighted by atomic mass is 19.4. The molecule has 10 heteroatoms. The molecule has 1 amide bonds. The predicted octanol–water partition coefficient (Wildman–Crippen LogP) is 2.78. The number of phenols is 1. The molecule has 0 radical (unpaired) electrons. The van der Waals surface area contributed by atoms with Crippen molar-refractivity contribution in [2.45, 2.75) is 19.1 Å². The number of piperazine rings is 1. The third kappa shape index (κ3) is 3.63. The van der Waals surface area contributed by atoms with Crippen LogP contribution in [-0.4, -0.2) is 56.8 Å². The summed E-state index contributed by atoms with van der Waals surface area (Å²) in [6.07, 6.45) is -4.73. The van der Waals surface area contributed by atoms with Crippen molar-refractivity contribution in [2.24, 2.45) is 0 Å². The van der Waals surface area contributed by atoms with Crippen molar-refractivity contribution in [1.82, 2.24) is 25.4 Å². The molecule has 3 heterocycles. The predicted molar refractivity (Wildman–Crippen MR) is 99.4 cm³/mol. The van der Waals surface area contributed by atoms with Gasteiger partial charge in [0.15, 0.2) is 11.3 Å². The van der Waals surface area contributed by atoms with Crippen LogP contribution in [0.4, 0.5) is 13.2 Å². The smallest absolute Gasteiger partial charge is 0.435 e. The highest BCUT2D eigenvalue weighted by molar-refractivity contribution is 6.07. The number of alkyl halides is 3. The molecule has 7 nitrogen and oxygen atoms in total. The number of halogens is 3. The standard InChI is InChI=1S/C19H18F3N5O2/c1-10-9-27(7-6-23-10)18(29)13-8-14(11-2-4-12(28)5-3-11)24-17-15(13)16(25-26-17)19(20,21)22/h2-5,8,10,23,28H,6-7,9H2,1H3,(H,24,25,26). The number of H-pyrrole nitrogens is 1. The minimum Gasteiger partial charge on any atom is -0.508 e. The van der Waals surface area contributed by atoms with Crippen LogP contribution in [-0.2, 0) is 6.18 Å². The molecular formula is C19H18F3N5O2. The first-order valence-corrected chi connectivity index (χ1v) is 9.02. The van der Waals surface area contributed by atoms with Gasteiger partial charge in [0.2, 0.25) is 0 Å². The number of hydrogen-bond acceptors (Lipinski definition) is 5. The summed E-state index contributed by atoms with van der Waals surface area (Å²) in [5.74, 6) is -0.459. The Morgan fingerprint density at radius 2 is 2.00 bits per heavy atom. The molecule has 0 aliphatic carbocycles. The topological polar surface area (TPSA) is 94.1 Å². The number of phenolic OH excluding ortho intramolecular Hbond substituents is 1. The van der Waals surface area contributed by atoms with Crippen LogP contribution in [0.5, 0.6) is 5.75 Å². The van der Waals surface area contributed by atoms with Crippen molar-refractivity contribution in [3.63, 3.8) is 0 Å². The number of aromatic amines is 1. The molecule has 0 saturated carbocycles. The summed E-state index contributed by atoms with van der Waals surface area (Å²) in [4.78, 5) is 19.0. The average Bonchev–Trinajstić information content (AvgIpc) is 3.12. The van der Waals surface area contributed by atoms with Crippen molar-refractivity contribution >= 4 is 16.9 Å². The lowest BCUT2D eigenvalue weighted by Crippen LogP contribution is -2.51. The fourth-order valence-electron chi connectivity index (χ4n) is 3.47. The molecule has 1 atom stereocenters. The van der Waals surface area contributed by atoms with E-state index in [4.69, 9.17) is 0 Å². The van der Waals surface area contributed by atoms with Crippen molar-refractivity contribution in [1.29, 1.82) is 0 Å². The first-order valence-electron chi connectivity index (χ1n) is 9.02. The summed E-state index contributed by atoms with van der Waals surface area (Å²) in [6.45, 7) is 3.24. The highest BCUT2D eigenvalue weighted by Gasteiger charge is 2.39.